The van der Waals surface area contributed by atoms with Crippen molar-refractivity contribution < 1.29 is 0 Å². The highest BCUT2D eigenvalue weighted by atomic mass is 35.5. The van der Waals surface area contributed by atoms with Crippen molar-refractivity contribution in [2.45, 2.75) is 24.8 Å². The Kier molecular flexibility index (Phi) is 4.38. The number of hydrogen-bond donors (Lipinski definition) is 0. The Hall–Kier alpha value is -0.783. The van der Waals surface area contributed by atoms with Crippen molar-refractivity contribution in [3.63, 3.8) is 0 Å². The van der Waals surface area contributed by atoms with Gasteiger partial charge in [0.05, 0.1) is 8.07 Å². The first kappa shape index (κ1) is 14.6. The molecular weight excluding hydrogens is 294 g/mol. The first-order valence-corrected chi connectivity index (χ1v) is 11.2. The number of aromatic nitrogens is 3. The molecule has 3 nitrogen and oxygen atoms in total. The third-order valence-corrected chi connectivity index (χ3v) is 7.48. The number of thioether (sulfide) groups is 1. The second-order valence-corrected chi connectivity index (χ2v) is 13.1. The summed E-state index contributed by atoms with van der Waals surface area (Å²) in [6, 6.07) is 7.69. The van der Waals surface area contributed by atoms with Gasteiger partial charge in [0.2, 0.25) is 0 Å². The van der Waals surface area contributed by atoms with Gasteiger partial charge in [0.15, 0.2) is 11.0 Å². The summed E-state index contributed by atoms with van der Waals surface area (Å²) in [7, 11) is 0.934. The fourth-order valence-corrected chi connectivity index (χ4v) is 4.33. The zero-order valence-electron chi connectivity index (χ0n) is 11.6. The topological polar surface area (TPSA) is 30.7 Å². The zero-order chi connectivity index (χ0) is 14.0. The van der Waals surface area contributed by atoms with Crippen LogP contribution < -0.4 is 0 Å². The molecule has 2 rings (SSSR count). The van der Waals surface area contributed by atoms with E-state index in [1.54, 1.807) is 11.8 Å². The summed E-state index contributed by atoms with van der Waals surface area (Å²) in [6.07, 6.45) is 0. The van der Waals surface area contributed by atoms with E-state index in [-0.39, 0.29) is 0 Å². The fourth-order valence-electron chi connectivity index (χ4n) is 1.57. The molecule has 0 N–H and O–H groups in total. The molecule has 0 aliphatic heterocycles. The van der Waals surface area contributed by atoms with Crippen LogP contribution >= 0.6 is 23.4 Å². The van der Waals surface area contributed by atoms with Crippen molar-refractivity contribution in [2.24, 2.45) is 7.05 Å². The molecule has 1 aromatic carbocycles. The molecule has 0 atom stereocenters. The molecule has 1 aromatic heterocycles. The van der Waals surface area contributed by atoms with E-state index in [2.05, 4.69) is 29.8 Å². The van der Waals surface area contributed by atoms with Gasteiger partial charge in [0, 0.05) is 17.6 Å². The molecule has 0 spiro atoms. The van der Waals surface area contributed by atoms with Gasteiger partial charge in [0.1, 0.15) is 0 Å². The van der Waals surface area contributed by atoms with Crippen molar-refractivity contribution in [1.82, 2.24) is 14.8 Å². The lowest BCUT2D eigenvalue weighted by atomic mass is 10.2. The number of rotatable bonds is 4. The average Bonchev–Trinajstić information content (AvgIpc) is 2.68. The average molecular weight is 312 g/mol. The molecule has 6 heteroatoms. The summed E-state index contributed by atoms with van der Waals surface area (Å²) in [4.78, 5) is 0. The quantitative estimate of drug-likeness (QED) is 0.629. The number of halogens is 1. The van der Waals surface area contributed by atoms with Gasteiger partial charge in [-0.3, -0.25) is 0 Å². The van der Waals surface area contributed by atoms with Crippen LogP contribution in [0.4, 0.5) is 0 Å². The van der Waals surface area contributed by atoms with E-state index in [0.717, 1.165) is 26.9 Å². The molecule has 0 radical (unpaired) electrons. The molecule has 1 heterocycles. The van der Waals surface area contributed by atoms with Gasteiger partial charge in [-0.2, -0.15) is 0 Å². The molecule has 19 heavy (non-hydrogen) atoms. The van der Waals surface area contributed by atoms with Crippen molar-refractivity contribution in [3.05, 3.63) is 29.3 Å². The normalized spacial score (nSPS) is 11.8. The zero-order valence-corrected chi connectivity index (χ0v) is 14.2. The van der Waals surface area contributed by atoms with E-state index >= 15 is 0 Å². The van der Waals surface area contributed by atoms with E-state index in [9.17, 15) is 0 Å². The van der Waals surface area contributed by atoms with Crippen molar-refractivity contribution >= 4 is 31.4 Å². The maximum absolute atomic E-state index is 5.90. The highest BCUT2D eigenvalue weighted by molar-refractivity contribution is 8.00. The lowest BCUT2D eigenvalue weighted by Crippen LogP contribution is -2.24. The Morgan fingerprint density at radius 1 is 1.16 bits per heavy atom. The third-order valence-electron chi connectivity index (χ3n) is 2.57. The Morgan fingerprint density at radius 2 is 1.79 bits per heavy atom. The van der Waals surface area contributed by atoms with Crippen LogP contribution in [-0.2, 0) is 7.05 Å². The van der Waals surface area contributed by atoms with Crippen LogP contribution in [0.25, 0.3) is 11.4 Å². The molecule has 2 aromatic rings. The van der Waals surface area contributed by atoms with Crippen LogP contribution in [0, 0.1) is 0 Å². The second-order valence-electron chi connectivity index (χ2n) is 5.72. The largest absolute Gasteiger partial charge is 0.305 e. The highest BCUT2D eigenvalue weighted by Crippen LogP contribution is 2.25. The molecule has 102 valence electrons. The van der Waals surface area contributed by atoms with Crippen LogP contribution in [0.3, 0.4) is 0 Å². The lowest BCUT2D eigenvalue weighted by Gasteiger charge is -2.14. The minimum Gasteiger partial charge on any atom is -0.305 e. The molecule has 0 fully saturated rings. The van der Waals surface area contributed by atoms with Crippen molar-refractivity contribution in [3.8, 4) is 11.4 Å². The maximum Gasteiger partial charge on any atom is 0.190 e. The predicted octanol–water partition coefficient (Wildman–Crippen LogP) is 4.11. The highest BCUT2D eigenvalue weighted by Gasteiger charge is 2.17. The molecule has 0 unspecified atom stereocenters. The monoisotopic (exact) mass is 311 g/mol. The number of benzene rings is 1. The molecule has 0 bridgehead atoms. The molecule has 0 amide bonds. The Labute approximate surface area is 124 Å². The van der Waals surface area contributed by atoms with Gasteiger partial charge >= 0.3 is 0 Å². The maximum atomic E-state index is 5.90. The molecule has 0 aliphatic rings. The van der Waals surface area contributed by atoms with Crippen molar-refractivity contribution in [2.75, 3.05) is 5.38 Å². The summed E-state index contributed by atoms with van der Waals surface area (Å²) in [5.74, 6) is 0.884. The first-order chi connectivity index (χ1) is 8.87. The van der Waals surface area contributed by atoms with Crippen LogP contribution in [0.1, 0.15) is 0 Å². The summed E-state index contributed by atoms with van der Waals surface area (Å²) in [5.41, 5.74) is 1.04. The van der Waals surface area contributed by atoms with Gasteiger partial charge in [-0.1, -0.05) is 43.0 Å². The second kappa shape index (κ2) is 5.69. The SMILES string of the molecule is Cn1c(SC[Si](C)(C)C)nnc1-c1ccc(Cl)cc1. The summed E-state index contributed by atoms with van der Waals surface area (Å²) >= 11 is 7.70. The molecular formula is C13H18ClN3SSi. The van der Waals surface area contributed by atoms with Crippen LogP contribution in [0.15, 0.2) is 29.4 Å². The standard InChI is InChI=1S/C13H18ClN3SSi/c1-17-12(10-5-7-11(14)8-6-10)15-16-13(17)18-9-19(2,3)4/h5-8H,9H2,1-4H3. The van der Waals surface area contributed by atoms with E-state index in [4.69, 9.17) is 11.6 Å². The van der Waals surface area contributed by atoms with Crippen molar-refractivity contribution in [1.29, 1.82) is 0 Å². The smallest absolute Gasteiger partial charge is 0.190 e. The number of nitrogens with zero attached hydrogens (tertiary/aromatic N) is 3. The van der Waals surface area contributed by atoms with Crippen LogP contribution in [0.5, 0.6) is 0 Å². The predicted molar refractivity (Wildman–Crippen MR) is 85.5 cm³/mol. The lowest BCUT2D eigenvalue weighted by molar-refractivity contribution is 0.795. The molecule has 0 saturated carbocycles. The summed E-state index contributed by atoms with van der Waals surface area (Å²) < 4.78 is 2.05. The van der Waals surface area contributed by atoms with Crippen LogP contribution in [-0.4, -0.2) is 28.2 Å². The summed E-state index contributed by atoms with van der Waals surface area (Å²) in [5, 5.41) is 11.4. The van der Waals surface area contributed by atoms with E-state index in [0.29, 0.717) is 0 Å². The summed E-state index contributed by atoms with van der Waals surface area (Å²) in [6.45, 7) is 7.07. The first-order valence-electron chi connectivity index (χ1n) is 6.15. The minimum atomic E-state index is -1.08. The fraction of sp³-hybridized carbons (Fsp3) is 0.385. The van der Waals surface area contributed by atoms with Gasteiger partial charge in [-0.15, -0.1) is 10.2 Å². The molecule has 0 saturated heterocycles. The van der Waals surface area contributed by atoms with Crippen LogP contribution in [0.2, 0.25) is 24.7 Å². The Bertz CT molecular complexity index is 560. The Morgan fingerprint density at radius 3 is 2.37 bits per heavy atom. The Balaban J connectivity index is 2.20. The molecule has 0 aliphatic carbocycles. The van der Waals surface area contributed by atoms with Gasteiger partial charge in [0.25, 0.3) is 0 Å². The van der Waals surface area contributed by atoms with Gasteiger partial charge in [-0.25, -0.2) is 0 Å². The minimum absolute atomic E-state index is 0.735. The van der Waals surface area contributed by atoms with E-state index in [1.807, 2.05) is 35.9 Å². The van der Waals surface area contributed by atoms with Gasteiger partial charge < -0.3 is 4.57 Å². The third kappa shape index (κ3) is 3.84. The van der Waals surface area contributed by atoms with E-state index in [1.165, 1.54) is 0 Å². The van der Waals surface area contributed by atoms with E-state index < -0.39 is 8.07 Å². The van der Waals surface area contributed by atoms with Gasteiger partial charge in [-0.05, 0) is 29.6 Å². The number of hydrogen-bond acceptors (Lipinski definition) is 3.